The van der Waals surface area contributed by atoms with Gasteiger partial charge >= 0.3 is 5.97 Å². The summed E-state index contributed by atoms with van der Waals surface area (Å²) in [5.41, 5.74) is 2.04. The van der Waals surface area contributed by atoms with Crippen LogP contribution >= 0.6 is 12.2 Å². The molecule has 2 atom stereocenters. The lowest BCUT2D eigenvalue weighted by Gasteiger charge is -2.29. The maximum atomic E-state index is 12.2. The van der Waals surface area contributed by atoms with E-state index in [4.69, 9.17) is 21.4 Å². The van der Waals surface area contributed by atoms with Gasteiger partial charge in [0.15, 0.2) is 5.11 Å². The summed E-state index contributed by atoms with van der Waals surface area (Å²) in [6, 6.07) is 16.8. The summed E-state index contributed by atoms with van der Waals surface area (Å²) >= 11 is 5.63. The molecule has 1 aromatic carbocycles. The molecule has 4 rings (SSSR count). The van der Waals surface area contributed by atoms with Gasteiger partial charge in [-0.05, 0) is 56.4 Å². The van der Waals surface area contributed by atoms with Crippen molar-refractivity contribution in [2.45, 2.75) is 32.0 Å². The highest BCUT2D eigenvalue weighted by Gasteiger charge is 2.42. The highest BCUT2D eigenvalue weighted by Crippen LogP contribution is 2.41. The molecule has 1 N–H and O–H groups in total. The lowest BCUT2D eigenvalue weighted by atomic mass is 10.0. The first-order chi connectivity index (χ1) is 14.5. The Balaban J connectivity index is 1.77. The summed E-state index contributed by atoms with van der Waals surface area (Å²) in [5.74, 6) is 0.955. The Morgan fingerprint density at radius 1 is 1.17 bits per heavy atom. The molecule has 1 aliphatic rings. The Morgan fingerprint density at radius 2 is 1.93 bits per heavy atom. The number of furan rings is 1. The van der Waals surface area contributed by atoms with E-state index >= 15 is 0 Å². The standard InChI is InChI=1S/C23H23N3O3S/c1-14(2)26-21(20(25-23(26)30)17-10-6-7-13-24-17)19-12-11-18(29-19)15-8-4-5-9-16(15)22(27)28-3/h4-14,20-21H,1-3H3,(H,25,30)/t20-,21+/m0/s1. The van der Waals surface area contributed by atoms with Gasteiger partial charge in [0, 0.05) is 17.8 Å². The van der Waals surface area contributed by atoms with Crippen LogP contribution in [-0.4, -0.2) is 34.1 Å². The largest absolute Gasteiger partial charge is 0.465 e. The number of hydrogen-bond donors (Lipinski definition) is 1. The van der Waals surface area contributed by atoms with E-state index in [0.29, 0.717) is 22.0 Å². The maximum absolute atomic E-state index is 12.2. The Hall–Kier alpha value is -3.19. The number of nitrogens with one attached hydrogen (secondary N) is 1. The molecule has 0 amide bonds. The number of thiocarbonyl (C=S) groups is 1. The Labute approximate surface area is 180 Å². The van der Waals surface area contributed by atoms with Gasteiger partial charge in [0.2, 0.25) is 0 Å². The molecule has 1 aliphatic heterocycles. The van der Waals surface area contributed by atoms with Crippen LogP contribution in [0, 0.1) is 0 Å². The van der Waals surface area contributed by atoms with Crippen molar-refractivity contribution in [3.05, 3.63) is 77.8 Å². The predicted octanol–water partition coefficient (Wildman–Crippen LogP) is 4.51. The van der Waals surface area contributed by atoms with E-state index in [1.54, 1.807) is 18.3 Å². The van der Waals surface area contributed by atoms with Crippen molar-refractivity contribution in [3.63, 3.8) is 0 Å². The van der Waals surface area contributed by atoms with Crippen LogP contribution in [0.25, 0.3) is 11.3 Å². The van der Waals surface area contributed by atoms with E-state index < -0.39 is 5.97 Å². The summed E-state index contributed by atoms with van der Waals surface area (Å²) in [4.78, 5) is 18.8. The topological polar surface area (TPSA) is 67.6 Å². The van der Waals surface area contributed by atoms with E-state index in [9.17, 15) is 4.79 Å². The summed E-state index contributed by atoms with van der Waals surface area (Å²) in [7, 11) is 1.37. The molecule has 3 aromatic rings. The normalized spacial score (nSPS) is 18.5. The Kier molecular flexibility index (Phi) is 5.55. The summed E-state index contributed by atoms with van der Waals surface area (Å²) in [5, 5.41) is 4.06. The fraction of sp³-hybridized carbons (Fsp3) is 0.261. The number of rotatable bonds is 5. The van der Waals surface area contributed by atoms with Crippen molar-refractivity contribution < 1.29 is 13.9 Å². The fourth-order valence-electron chi connectivity index (χ4n) is 3.87. The number of benzene rings is 1. The summed E-state index contributed by atoms with van der Waals surface area (Å²) in [6.45, 7) is 4.19. The van der Waals surface area contributed by atoms with Crippen molar-refractivity contribution in [2.24, 2.45) is 0 Å². The molecule has 0 bridgehead atoms. The first kappa shape index (κ1) is 20.1. The zero-order valence-electron chi connectivity index (χ0n) is 17.0. The molecular weight excluding hydrogens is 398 g/mol. The molecule has 7 heteroatoms. The monoisotopic (exact) mass is 421 g/mol. The molecule has 2 aromatic heterocycles. The third kappa shape index (κ3) is 3.57. The first-order valence-electron chi connectivity index (χ1n) is 9.78. The summed E-state index contributed by atoms with van der Waals surface area (Å²) < 4.78 is 11.2. The minimum absolute atomic E-state index is 0.143. The van der Waals surface area contributed by atoms with E-state index in [1.807, 2.05) is 42.5 Å². The quantitative estimate of drug-likeness (QED) is 0.480. The van der Waals surface area contributed by atoms with E-state index in [-0.39, 0.29) is 18.1 Å². The van der Waals surface area contributed by atoms with Gasteiger partial charge in [0.25, 0.3) is 0 Å². The number of pyridine rings is 1. The molecule has 30 heavy (non-hydrogen) atoms. The van der Waals surface area contributed by atoms with E-state index in [1.165, 1.54) is 7.11 Å². The average Bonchev–Trinajstić information content (AvgIpc) is 3.38. The van der Waals surface area contributed by atoms with Crippen molar-refractivity contribution in [3.8, 4) is 11.3 Å². The molecule has 6 nitrogen and oxygen atoms in total. The van der Waals surface area contributed by atoms with Crippen LogP contribution in [0.1, 0.15) is 47.7 Å². The average molecular weight is 422 g/mol. The molecule has 0 radical (unpaired) electrons. The molecule has 1 saturated heterocycles. The zero-order chi connectivity index (χ0) is 21.3. The van der Waals surface area contributed by atoms with Crippen LogP contribution in [-0.2, 0) is 4.74 Å². The summed E-state index contributed by atoms with van der Waals surface area (Å²) in [6.07, 6.45) is 1.77. The second-order valence-corrected chi connectivity index (χ2v) is 7.75. The molecule has 0 spiro atoms. The maximum Gasteiger partial charge on any atom is 0.338 e. The molecular formula is C23H23N3O3S. The van der Waals surface area contributed by atoms with Crippen molar-refractivity contribution in [1.29, 1.82) is 0 Å². The van der Waals surface area contributed by atoms with Gasteiger partial charge in [-0.1, -0.05) is 24.3 Å². The van der Waals surface area contributed by atoms with Crippen molar-refractivity contribution in [2.75, 3.05) is 7.11 Å². The third-order valence-corrected chi connectivity index (χ3v) is 5.54. The van der Waals surface area contributed by atoms with Crippen LogP contribution in [0.4, 0.5) is 0 Å². The smallest absolute Gasteiger partial charge is 0.338 e. The number of methoxy groups -OCH3 is 1. The van der Waals surface area contributed by atoms with Gasteiger partial charge in [-0.15, -0.1) is 0 Å². The van der Waals surface area contributed by atoms with Crippen molar-refractivity contribution in [1.82, 2.24) is 15.2 Å². The number of carbonyl (C=O) groups excluding carboxylic acids is 1. The van der Waals surface area contributed by atoms with E-state index in [0.717, 1.165) is 11.5 Å². The molecule has 0 unspecified atom stereocenters. The molecule has 154 valence electrons. The minimum Gasteiger partial charge on any atom is -0.465 e. The van der Waals surface area contributed by atoms with E-state index in [2.05, 4.69) is 29.0 Å². The van der Waals surface area contributed by atoms with Crippen LogP contribution < -0.4 is 5.32 Å². The van der Waals surface area contributed by atoms with Gasteiger partial charge < -0.3 is 19.4 Å². The van der Waals surface area contributed by atoms with Gasteiger partial charge in [-0.2, -0.15) is 0 Å². The highest BCUT2D eigenvalue weighted by atomic mass is 32.1. The van der Waals surface area contributed by atoms with Gasteiger partial charge in [-0.3, -0.25) is 4.98 Å². The number of hydrogen-bond acceptors (Lipinski definition) is 5. The predicted molar refractivity (Wildman–Crippen MR) is 118 cm³/mol. The molecule has 3 heterocycles. The Bertz CT molecular complexity index is 1060. The lowest BCUT2D eigenvalue weighted by Crippen LogP contribution is -2.35. The van der Waals surface area contributed by atoms with Crippen molar-refractivity contribution >= 4 is 23.3 Å². The highest BCUT2D eigenvalue weighted by molar-refractivity contribution is 7.80. The van der Waals surface area contributed by atoms with Crippen LogP contribution in [0.3, 0.4) is 0 Å². The van der Waals surface area contributed by atoms with Gasteiger partial charge in [-0.25, -0.2) is 4.79 Å². The SMILES string of the molecule is COC(=O)c1ccccc1-c1ccc([C@@H]2[C@H](c3ccccn3)NC(=S)N2C(C)C)o1. The number of ether oxygens (including phenoxy) is 1. The Morgan fingerprint density at radius 3 is 2.63 bits per heavy atom. The minimum atomic E-state index is -0.401. The zero-order valence-corrected chi connectivity index (χ0v) is 17.8. The van der Waals surface area contributed by atoms with Crippen LogP contribution in [0.2, 0.25) is 0 Å². The number of esters is 1. The second-order valence-electron chi connectivity index (χ2n) is 7.37. The van der Waals surface area contributed by atoms with Gasteiger partial charge in [0.05, 0.1) is 24.4 Å². The lowest BCUT2D eigenvalue weighted by molar-refractivity contribution is 0.0601. The number of aromatic nitrogens is 1. The fourth-order valence-corrected chi connectivity index (χ4v) is 4.32. The molecule has 0 saturated carbocycles. The number of carbonyl (C=O) groups is 1. The number of nitrogens with zero attached hydrogens (tertiary/aromatic N) is 2. The second kappa shape index (κ2) is 8.28. The molecule has 0 aliphatic carbocycles. The van der Waals surface area contributed by atoms with Crippen LogP contribution in [0.15, 0.2) is 65.2 Å². The van der Waals surface area contributed by atoms with Gasteiger partial charge in [0.1, 0.15) is 17.6 Å². The molecule has 1 fully saturated rings. The first-order valence-corrected chi connectivity index (χ1v) is 10.2. The third-order valence-electron chi connectivity index (χ3n) is 5.21. The van der Waals surface area contributed by atoms with Crippen LogP contribution in [0.5, 0.6) is 0 Å².